The van der Waals surface area contributed by atoms with Gasteiger partial charge in [0.1, 0.15) is 0 Å². The van der Waals surface area contributed by atoms with Crippen LogP contribution in [0.3, 0.4) is 0 Å². The molecule has 2 aliphatic rings. The lowest BCUT2D eigenvalue weighted by Crippen LogP contribution is -2.56. The molecule has 3 atom stereocenters. The summed E-state index contributed by atoms with van der Waals surface area (Å²) in [6.07, 6.45) is 7.19. The Hall–Kier alpha value is -0.930. The third kappa shape index (κ3) is 3.29. The largest absolute Gasteiger partial charge is 0.311 e. The molecule has 2 heterocycles. The van der Waals surface area contributed by atoms with Gasteiger partial charge in [-0.15, -0.1) is 0 Å². The highest BCUT2D eigenvalue weighted by molar-refractivity contribution is 5.22. The third-order valence-corrected chi connectivity index (χ3v) is 5.29. The molecule has 2 fully saturated rings. The molecule has 1 saturated heterocycles. The van der Waals surface area contributed by atoms with Crippen LogP contribution in [-0.4, -0.2) is 35.1 Å². The van der Waals surface area contributed by atoms with Crippen molar-refractivity contribution in [2.24, 2.45) is 0 Å². The summed E-state index contributed by atoms with van der Waals surface area (Å²) in [5, 5.41) is 3.68. The predicted octanol–water partition coefficient (Wildman–Crippen LogP) is 3.48. The van der Waals surface area contributed by atoms with Crippen LogP contribution in [0.5, 0.6) is 0 Å². The van der Waals surface area contributed by atoms with Crippen LogP contribution < -0.4 is 5.32 Å². The molecule has 1 aromatic heterocycles. The molecule has 1 N–H and O–H groups in total. The Balaban J connectivity index is 1.72. The van der Waals surface area contributed by atoms with Crippen LogP contribution in [0, 0.1) is 0 Å². The zero-order chi connectivity index (χ0) is 14.8. The number of hydrogen-bond donors (Lipinski definition) is 1. The van der Waals surface area contributed by atoms with Crippen LogP contribution in [0.15, 0.2) is 18.3 Å². The van der Waals surface area contributed by atoms with Gasteiger partial charge in [0, 0.05) is 49.0 Å². The number of rotatable bonds is 5. The van der Waals surface area contributed by atoms with E-state index < -0.39 is 0 Å². The Bertz CT molecular complexity index is 452. The van der Waals surface area contributed by atoms with Crippen LogP contribution >= 0.6 is 0 Å². The summed E-state index contributed by atoms with van der Waals surface area (Å²) in [6, 6.07) is 6.30. The maximum Gasteiger partial charge on any atom is 0.0434 e. The fourth-order valence-electron chi connectivity index (χ4n) is 3.49. The van der Waals surface area contributed by atoms with Crippen molar-refractivity contribution in [1.82, 2.24) is 15.2 Å². The van der Waals surface area contributed by atoms with E-state index in [4.69, 9.17) is 4.98 Å². The minimum atomic E-state index is 0.465. The Morgan fingerprint density at radius 1 is 1.29 bits per heavy atom. The molecule has 3 heteroatoms. The summed E-state index contributed by atoms with van der Waals surface area (Å²) in [7, 11) is 0. The number of aromatic nitrogens is 1. The fraction of sp³-hybridized carbons (Fsp3) is 0.722. The van der Waals surface area contributed by atoms with Crippen molar-refractivity contribution in [3.05, 3.63) is 29.6 Å². The lowest BCUT2D eigenvalue weighted by Gasteiger charge is -2.43. The van der Waals surface area contributed by atoms with E-state index in [1.54, 1.807) is 0 Å². The maximum absolute atomic E-state index is 4.70. The second-order valence-electron chi connectivity index (χ2n) is 6.74. The summed E-state index contributed by atoms with van der Waals surface area (Å²) in [5.74, 6) is 0.751. The van der Waals surface area contributed by atoms with Crippen LogP contribution in [-0.2, 0) is 0 Å². The van der Waals surface area contributed by atoms with Crippen LogP contribution in [0.4, 0.5) is 0 Å². The fourth-order valence-corrected chi connectivity index (χ4v) is 3.49. The van der Waals surface area contributed by atoms with E-state index in [2.05, 4.69) is 49.3 Å². The summed E-state index contributed by atoms with van der Waals surface area (Å²) in [4.78, 5) is 7.38. The molecule has 0 bridgehead atoms. The van der Waals surface area contributed by atoms with Crippen molar-refractivity contribution < 1.29 is 0 Å². The maximum atomic E-state index is 4.70. The molecule has 1 unspecified atom stereocenters. The molecule has 0 radical (unpaired) electrons. The first-order chi connectivity index (χ1) is 10.2. The Labute approximate surface area is 129 Å². The van der Waals surface area contributed by atoms with E-state index in [9.17, 15) is 0 Å². The van der Waals surface area contributed by atoms with Gasteiger partial charge in [0.2, 0.25) is 0 Å². The lowest BCUT2D eigenvalue weighted by atomic mass is 9.99. The lowest BCUT2D eigenvalue weighted by molar-refractivity contribution is 0.0849. The van der Waals surface area contributed by atoms with Crippen molar-refractivity contribution in [2.45, 2.75) is 70.5 Å². The van der Waals surface area contributed by atoms with Gasteiger partial charge in [-0.3, -0.25) is 9.88 Å². The van der Waals surface area contributed by atoms with E-state index in [0.717, 1.165) is 19.0 Å². The molecule has 0 aromatic carbocycles. The molecule has 0 amide bonds. The minimum absolute atomic E-state index is 0.465. The molecule has 0 spiro atoms. The second-order valence-corrected chi connectivity index (χ2v) is 6.74. The highest BCUT2D eigenvalue weighted by atomic mass is 15.3. The Morgan fingerprint density at radius 3 is 2.67 bits per heavy atom. The predicted molar refractivity (Wildman–Crippen MR) is 87.5 cm³/mol. The van der Waals surface area contributed by atoms with Crippen molar-refractivity contribution in [3.8, 4) is 0 Å². The van der Waals surface area contributed by atoms with E-state index in [1.807, 2.05) is 0 Å². The SMILES string of the molecule is CC[C@H]1CN(C(C)c2ccc(C3CC3)nc2)[C@H](CC)CN1. The normalized spacial score (nSPS) is 28.5. The van der Waals surface area contributed by atoms with Gasteiger partial charge in [-0.1, -0.05) is 19.9 Å². The van der Waals surface area contributed by atoms with Crippen molar-refractivity contribution in [1.29, 1.82) is 0 Å². The van der Waals surface area contributed by atoms with Gasteiger partial charge in [0.25, 0.3) is 0 Å². The first-order valence-electron chi connectivity index (χ1n) is 8.67. The highest BCUT2D eigenvalue weighted by Crippen LogP contribution is 2.39. The molecular formula is C18H29N3. The van der Waals surface area contributed by atoms with Gasteiger partial charge >= 0.3 is 0 Å². The third-order valence-electron chi connectivity index (χ3n) is 5.29. The molecule has 3 nitrogen and oxygen atoms in total. The topological polar surface area (TPSA) is 28.2 Å². The van der Waals surface area contributed by atoms with E-state index in [-0.39, 0.29) is 0 Å². The molecule has 1 aromatic rings. The molecule has 3 rings (SSSR count). The molecule has 21 heavy (non-hydrogen) atoms. The van der Waals surface area contributed by atoms with Gasteiger partial charge < -0.3 is 5.32 Å². The van der Waals surface area contributed by atoms with Crippen LogP contribution in [0.1, 0.15) is 69.7 Å². The summed E-state index contributed by atoms with van der Waals surface area (Å²) < 4.78 is 0. The molecule has 116 valence electrons. The number of hydrogen-bond acceptors (Lipinski definition) is 3. The van der Waals surface area contributed by atoms with Crippen molar-refractivity contribution in [2.75, 3.05) is 13.1 Å². The average molecular weight is 287 g/mol. The highest BCUT2D eigenvalue weighted by Gasteiger charge is 2.30. The van der Waals surface area contributed by atoms with Gasteiger partial charge in [-0.05, 0) is 44.2 Å². The van der Waals surface area contributed by atoms with Gasteiger partial charge in [0.15, 0.2) is 0 Å². The monoisotopic (exact) mass is 287 g/mol. The van der Waals surface area contributed by atoms with Gasteiger partial charge in [-0.25, -0.2) is 0 Å². The number of pyridine rings is 1. The Morgan fingerprint density at radius 2 is 2.10 bits per heavy atom. The first-order valence-corrected chi connectivity index (χ1v) is 8.67. The minimum Gasteiger partial charge on any atom is -0.311 e. The van der Waals surface area contributed by atoms with E-state index in [1.165, 1.54) is 36.9 Å². The smallest absolute Gasteiger partial charge is 0.0434 e. The standard InChI is InChI=1S/C18H29N3/c1-4-16-12-21(17(5-2)11-19-16)13(3)15-8-9-18(20-10-15)14-6-7-14/h8-10,13-14,16-17,19H,4-7,11-12H2,1-3H3/t13?,16-,17+/m0/s1. The molecular weight excluding hydrogens is 258 g/mol. The van der Waals surface area contributed by atoms with Crippen molar-refractivity contribution >= 4 is 0 Å². The summed E-state index contributed by atoms with van der Waals surface area (Å²) in [5.41, 5.74) is 2.67. The van der Waals surface area contributed by atoms with E-state index >= 15 is 0 Å². The summed E-state index contributed by atoms with van der Waals surface area (Å²) in [6.45, 7) is 9.19. The second kappa shape index (κ2) is 6.45. The number of piperazine rings is 1. The summed E-state index contributed by atoms with van der Waals surface area (Å²) >= 11 is 0. The number of nitrogens with one attached hydrogen (secondary N) is 1. The zero-order valence-corrected chi connectivity index (χ0v) is 13.7. The van der Waals surface area contributed by atoms with Crippen LogP contribution in [0.2, 0.25) is 0 Å². The molecule has 1 aliphatic carbocycles. The van der Waals surface area contributed by atoms with Crippen molar-refractivity contribution in [3.63, 3.8) is 0 Å². The first kappa shape index (κ1) is 15.0. The zero-order valence-electron chi connectivity index (χ0n) is 13.7. The Kier molecular flexibility index (Phi) is 4.60. The molecule has 1 aliphatic heterocycles. The van der Waals surface area contributed by atoms with Gasteiger partial charge in [-0.2, -0.15) is 0 Å². The van der Waals surface area contributed by atoms with E-state index in [0.29, 0.717) is 18.1 Å². The molecule has 1 saturated carbocycles. The average Bonchev–Trinajstić information content (AvgIpc) is 3.38. The number of nitrogens with zero attached hydrogens (tertiary/aromatic N) is 2. The quantitative estimate of drug-likeness (QED) is 0.898. The van der Waals surface area contributed by atoms with Crippen LogP contribution in [0.25, 0.3) is 0 Å². The van der Waals surface area contributed by atoms with Gasteiger partial charge in [0.05, 0.1) is 0 Å².